The van der Waals surface area contributed by atoms with Crippen molar-refractivity contribution in [2.75, 3.05) is 23.7 Å². The number of hydrogen-bond acceptors (Lipinski definition) is 4. The van der Waals surface area contributed by atoms with Gasteiger partial charge in [-0.15, -0.1) is 0 Å². The Labute approximate surface area is 180 Å². The number of nitrogens with one attached hydrogen (secondary N) is 1. The van der Waals surface area contributed by atoms with Gasteiger partial charge in [0.2, 0.25) is 15.9 Å². The van der Waals surface area contributed by atoms with Gasteiger partial charge in [-0.2, -0.15) is 0 Å². The van der Waals surface area contributed by atoms with E-state index < -0.39 is 16.1 Å². The number of carbonyl (C=O) groups is 1. The molecule has 2 aromatic carbocycles. The Morgan fingerprint density at radius 3 is 2.13 bits per heavy atom. The summed E-state index contributed by atoms with van der Waals surface area (Å²) in [5, 5.41) is 2.75. The maximum absolute atomic E-state index is 12.6. The molecule has 1 atom stereocenters. The Hall–Kier alpha value is -2.54. The van der Waals surface area contributed by atoms with Crippen LogP contribution in [0.5, 0.6) is 5.75 Å². The Bertz CT molecular complexity index is 946. The van der Waals surface area contributed by atoms with Gasteiger partial charge in [-0.1, -0.05) is 50.6 Å². The van der Waals surface area contributed by atoms with Crippen molar-refractivity contribution in [3.8, 4) is 5.75 Å². The van der Waals surface area contributed by atoms with Crippen molar-refractivity contribution in [1.82, 2.24) is 5.32 Å². The van der Waals surface area contributed by atoms with Crippen LogP contribution in [0.4, 0.5) is 5.69 Å². The monoisotopic (exact) mass is 432 g/mol. The van der Waals surface area contributed by atoms with Gasteiger partial charge < -0.3 is 10.1 Å². The summed E-state index contributed by atoms with van der Waals surface area (Å²) in [6.45, 7) is 10.5. The molecule has 0 aliphatic carbocycles. The lowest BCUT2D eigenvalue weighted by Crippen LogP contribution is -2.48. The highest BCUT2D eigenvalue weighted by Gasteiger charge is 2.28. The van der Waals surface area contributed by atoms with Gasteiger partial charge in [-0.25, -0.2) is 8.42 Å². The quantitative estimate of drug-likeness (QED) is 0.646. The molecule has 0 saturated carbocycles. The van der Waals surface area contributed by atoms with E-state index in [1.807, 2.05) is 43.3 Å². The molecule has 0 saturated heterocycles. The third-order valence-electron chi connectivity index (χ3n) is 4.77. The molecule has 0 aliphatic rings. The summed E-state index contributed by atoms with van der Waals surface area (Å²) in [6, 6.07) is 14.0. The topological polar surface area (TPSA) is 75.7 Å². The van der Waals surface area contributed by atoms with E-state index in [1.54, 1.807) is 19.1 Å². The van der Waals surface area contributed by atoms with Crippen LogP contribution in [-0.2, 0) is 20.2 Å². The molecule has 30 heavy (non-hydrogen) atoms. The van der Waals surface area contributed by atoms with E-state index >= 15 is 0 Å². The molecule has 0 aromatic heterocycles. The van der Waals surface area contributed by atoms with Gasteiger partial charge in [0.05, 0.1) is 18.5 Å². The van der Waals surface area contributed by atoms with Crippen LogP contribution in [0.1, 0.15) is 38.8 Å². The highest BCUT2D eigenvalue weighted by Crippen LogP contribution is 2.24. The van der Waals surface area contributed by atoms with Crippen molar-refractivity contribution < 1.29 is 17.9 Å². The fourth-order valence-corrected chi connectivity index (χ4v) is 4.22. The molecule has 7 heteroatoms. The second kappa shape index (κ2) is 9.51. The van der Waals surface area contributed by atoms with Crippen LogP contribution >= 0.6 is 0 Å². The number of sulfonamides is 1. The minimum absolute atomic E-state index is 0.0750. The highest BCUT2D eigenvalue weighted by molar-refractivity contribution is 7.92. The molecule has 0 aliphatic heterocycles. The van der Waals surface area contributed by atoms with Crippen LogP contribution in [0.15, 0.2) is 48.5 Å². The van der Waals surface area contributed by atoms with E-state index in [0.29, 0.717) is 5.69 Å². The number of rotatable bonds is 8. The Balaban J connectivity index is 1.93. The average Bonchev–Trinajstić information content (AvgIpc) is 2.65. The van der Waals surface area contributed by atoms with E-state index in [9.17, 15) is 13.2 Å². The summed E-state index contributed by atoms with van der Waals surface area (Å²) in [5.41, 5.74) is 2.76. The van der Waals surface area contributed by atoms with Crippen molar-refractivity contribution in [2.45, 2.75) is 46.1 Å². The average molecular weight is 433 g/mol. The first-order chi connectivity index (χ1) is 13.9. The van der Waals surface area contributed by atoms with Gasteiger partial charge in [-0.05, 0) is 49.1 Å². The lowest BCUT2D eigenvalue weighted by atomic mass is 9.87. The van der Waals surface area contributed by atoms with Crippen molar-refractivity contribution in [3.05, 3.63) is 59.7 Å². The number of hydrogen-bond donors (Lipinski definition) is 1. The molecule has 164 valence electrons. The summed E-state index contributed by atoms with van der Waals surface area (Å²) < 4.78 is 31.4. The molecule has 2 aromatic rings. The molecule has 1 amide bonds. The van der Waals surface area contributed by atoms with Crippen molar-refractivity contribution in [2.24, 2.45) is 0 Å². The summed E-state index contributed by atoms with van der Waals surface area (Å²) >= 11 is 0. The number of anilines is 1. The third-order valence-corrected chi connectivity index (χ3v) is 6.01. The minimum Gasteiger partial charge on any atom is -0.492 e. The first-order valence-electron chi connectivity index (χ1n) is 9.97. The SMILES string of the molecule is Cc1ccc(N([C@H](C)C(=O)NCCOc2ccc(C(C)(C)C)cc2)S(C)(=O)=O)cc1. The zero-order valence-corrected chi connectivity index (χ0v) is 19.4. The molecule has 0 radical (unpaired) electrons. The van der Waals surface area contributed by atoms with Gasteiger partial charge in [0.25, 0.3) is 0 Å². The van der Waals surface area contributed by atoms with Gasteiger partial charge in [-0.3, -0.25) is 9.10 Å². The number of carbonyl (C=O) groups excluding carboxylic acids is 1. The van der Waals surface area contributed by atoms with Crippen LogP contribution < -0.4 is 14.4 Å². The lowest BCUT2D eigenvalue weighted by Gasteiger charge is -2.28. The summed E-state index contributed by atoms with van der Waals surface area (Å²) in [5.74, 6) is 0.343. The summed E-state index contributed by atoms with van der Waals surface area (Å²) in [4.78, 5) is 12.6. The van der Waals surface area contributed by atoms with Crippen LogP contribution in [-0.4, -0.2) is 39.8 Å². The number of aryl methyl sites for hydroxylation is 1. The molecule has 0 fully saturated rings. The lowest BCUT2D eigenvalue weighted by molar-refractivity contribution is -0.121. The second-order valence-corrected chi connectivity index (χ2v) is 10.3. The Morgan fingerprint density at radius 2 is 1.63 bits per heavy atom. The maximum Gasteiger partial charge on any atom is 0.243 e. The van der Waals surface area contributed by atoms with Gasteiger partial charge in [0, 0.05) is 0 Å². The standard InChI is InChI=1S/C23H32N2O4S/c1-17-7-11-20(12-8-17)25(30(6,27)28)18(2)22(26)24-15-16-29-21-13-9-19(10-14-21)23(3,4)5/h7-14,18H,15-16H2,1-6H3,(H,24,26)/t18-/m1/s1. The fourth-order valence-electron chi connectivity index (χ4n) is 3.04. The van der Waals surface area contributed by atoms with Gasteiger partial charge >= 0.3 is 0 Å². The molecule has 0 heterocycles. The van der Waals surface area contributed by atoms with E-state index in [4.69, 9.17) is 4.74 Å². The largest absolute Gasteiger partial charge is 0.492 e. The highest BCUT2D eigenvalue weighted by atomic mass is 32.2. The number of benzene rings is 2. The van der Waals surface area contributed by atoms with Crippen molar-refractivity contribution in [1.29, 1.82) is 0 Å². The fraction of sp³-hybridized carbons (Fsp3) is 0.435. The Kier molecular flexibility index (Phi) is 7.53. The minimum atomic E-state index is -3.62. The predicted octanol–water partition coefficient (Wildman–Crippen LogP) is 3.64. The van der Waals surface area contributed by atoms with E-state index in [1.165, 1.54) is 5.56 Å². The van der Waals surface area contributed by atoms with Gasteiger partial charge in [0.1, 0.15) is 18.4 Å². The molecule has 1 N–H and O–H groups in total. The number of nitrogens with zero attached hydrogens (tertiary/aromatic N) is 1. The first-order valence-corrected chi connectivity index (χ1v) is 11.8. The summed E-state index contributed by atoms with van der Waals surface area (Å²) in [7, 11) is -3.62. The molecule has 2 rings (SSSR count). The van der Waals surface area contributed by atoms with E-state index in [0.717, 1.165) is 21.9 Å². The molecular formula is C23H32N2O4S. The van der Waals surface area contributed by atoms with Crippen molar-refractivity contribution >= 4 is 21.6 Å². The maximum atomic E-state index is 12.6. The predicted molar refractivity (Wildman–Crippen MR) is 122 cm³/mol. The Morgan fingerprint density at radius 1 is 1.07 bits per heavy atom. The zero-order valence-electron chi connectivity index (χ0n) is 18.6. The van der Waals surface area contributed by atoms with Crippen molar-refractivity contribution in [3.63, 3.8) is 0 Å². The smallest absolute Gasteiger partial charge is 0.243 e. The summed E-state index contributed by atoms with van der Waals surface area (Å²) in [6.07, 6.45) is 1.10. The number of ether oxygens (including phenoxy) is 1. The second-order valence-electron chi connectivity index (χ2n) is 8.48. The number of amides is 1. The molecule has 0 unspecified atom stereocenters. The normalized spacial score (nSPS) is 12.9. The molecule has 0 spiro atoms. The molecule has 6 nitrogen and oxygen atoms in total. The third kappa shape index (κ3) is 6.49. The van der Waals surface area contributed by atoms with Crippen LogP contribution in [0, 0.1) is 6.92 Å². The van der Waals surface area contributed by atoms with E-state index in [-0.39, 0.29) is 24.5 Å². The van der Waals surface area contributed by atoms with Crippen LogP contribution in [0.3, 0.4) is 0 Å². The molecule has 0 bridgehead atoms. The molecular weight excluding hydrogens is 400 g/mol. The zero-order chi connectivity index (χ0) is 22.5. The van der Waals surface area contributed by atoms with Gasteiger partial charge in [0.15, 0.2) is 0 Å². The first kappa shape index (κ1) is 23.7. The van der Waals surface area contributed by atoms with Crippen LogP contribution in [0.2, 0.25) is 0 Å². The van der Waals surface area contributed by atoms with E-state index in [2.05, 4.69) is 26.1 Å². The van der Waals surface area contributed by atoms with Crippen LogP contribution in [0.25, 0.3) is 0 Å².